The summed E-state index contributed by atoms with van der Waals surface area (Å²) in [5.41, 5.74) is 6.24. The van der Waals surface area contributed by atoms with Crippen LogP contribution in [0.4, 0.5) is 0 Å². The van der Waals surface area contributed by atoms with Crippen molar-refractivity contribution < 1.29 is 19.1 Å². The van der Waals surface area contributed by atoms with Crippen molar-refractivity contribution in [2.75, 3.05) is 13.7 Å². The van der Waals surface area contributed by atoms with Crippen molar-refractivity contribution in [3.8, 4) is 11.4 Å². The first-order chi connectivity index (χ1) is 19.2. The van der Waals surface area contributed by atoms with Crippen LogP contribution < -0.4 is 5.32 Å². The topological polar surface area (TPSA) is 133 Å². The molecule has 2 aromatic heterocycles. The van der Waals surface area contributed by atoms with Crippen LogP contribution in [-0.2, 0) is 20.7 Å². The summed E-state index contributed by atoms with van der Waals surface area (Å²) in [5.74, 6) is -0.432. The number of methoxy groups -OCH3 is 1. The van der Waals surface area contributed by atoms with Crippen LogP contribution in [0.3, 0.4) is 0 Å². The smallest absolute Gasteiger partial charge is 0.328 e. The summed E-state index contributed by atoms with van der Waals surface area (Å²) in [6.45, 7) is 4.56. The fourth-order valence-electron chi connectivity index (χ4n) is 4.99. The molecular formula is C28H28I2N6O4. The largest absolute Gasteiger partial charge is 0.467 e. The van der Waals surface area contributed by atoms with Crippen LogP contribution in [0.5, 0.6) is 0 Å². The molecule has 0 bridgehead atoms. The molecule has 0 unspecified atom stereocenters. The Bertz CT molecular complexity index is 1540. The second kappa shape index (κ2) is 11.8. The molecule has 2 atom stereocenters. The number of halogens is 2. The number of esters is 1. The Balaban J connectivity index is 1.42. The molecule has 3 N–H and O–H groups in total. The number of aryl methyl sites for hydroxylation is 2. The molecule has 0 aliphatic carbocycles. The third-order valence-electron chi connectivity index (χ3n) is 7.23. The average Bonchev–Trinajstić information content (AvgIpc) is 3.69. The third kappa shape index (κ3) is 5.73. The molecule has 40 heavy (non-hydrogen) atoms. The lowest BCUT2D eigenvalue weighted by atomic mass is 10.1. The van der Waals surface area contributed by atoms with Crippen molar-refractivity contribution in [3.05, 3.63) is 66.3 Å². The number of amides is 2. The van der Waals surface area contributed by atoms with Crippen LogP contribution in [0, 0.1) is 21.0 Å². The predicted molar refractivity (Wildman–Crippen MR) is 167 cm³/mol. The molecule has 1 aliphatic heterocycles. The molecule has 0 radical (unpaired) electrons. The summed E-state index contributed by atoms with van der Waals surface area (Å²) < 4.78 is 6.61. The molecule has 12 heteroatoms. The van der Waals surface area contributed by atoms with Gasteiger partial charge in [-0.2, -0.15) is 0 Å². The van der Waals surface area contributed by atoms with Crippen LogP contribution in [-0.4, -0.2) is 68.4 Å². The van der Waals surface area contributed by atoms with E-state index in [2.05, 4.69) is 91.4 Å². The van der Waals surface area contributed by atoms with Crippen molar-refractivity contribution >= 4 is 74.0 Å². The minimum atomic E-state index is -0.893. The van der Waals surface area contributed by atoms with Gasteiger partial charge in [0, 0.05) is 43.1 Å². The number of hydrogen-bond donors (Lipinski definition) is 3. The Morgan fingerprint density at radius 2 is 1.88 bits per heavy atom. The van der Waals surface area contributed by atoms with Gasteiger partial charge < -0.3 is 24.9 Å². The molecule has 3 heterocycles. The maximum absolute atomic E-state index is 13.6. The SMILES string of the molecule is COC(=O)[C@@H]1CCCN1C(=O)[C@H](Cc1cnc[nH]1)NC(=O)c1cc(I)c(-c2nc3cc(C)c(C)cc3[nH]2)c(I)c1. The van der Waals surface area contributed by atoms with Gasteiger partial charge in [-0.1, -0.05) is 0 Å². The number of aromatic amines is 2. The average molecular weight is 766 g/mol. The summed E-state index contributed by atoms with van der Waals surface area (Å²) in [4.78, 5) is 56.2. The number of hydrogen-bond acceptors (Lipinski definition) is 6. The number of nitrogens with zero attached hydrogens (tertiary/aromatic N) is 3. The molecule has 0 saturated carbocycles. The summed E-state index contributed by atoms with van der Waals surface area (Å²) in [5, 5.41) is 2.91. The quantitative estimate of drug-likeness (QED) is 0.190. The molecule has 10 nitrogen and oxygen atoms in total. The first kappa shape index (κ1) is 28.5. The highest BCUT2D eigenvalue weighted by Crippen LogP contribution is 2.32. The Morgan fingerprint density at radius 3 is 2.55 bits per heavy atom. The normalized spacial score (nSPS) is 15.8. The first-order valence-electron chi connectivity index (χ1n) is 12.8. The van der Waals surface area contributed by atoms with E-state index >= 15 is 0 Å². The number of nitrogens with one attached hydrogen (secondary N) is 3. The number of fused-ring (bicyclic) bond motifs is 1. The Morgan fingerprint density at radius 1 is 1.15 bits per heavy atom. The van der Waals surface area contributed by atoms with E-state index in [1.54, 1.807) is 18.3 Å². The second-order valence-corrected chi connectivity index (χ2v) is 12.2. The van der Waals surface area contributed by atoms with Gasteiger partial charge in [-0.15, -0.1) is 0 Å². The first-order valence-corrected chi connectivity index (χ1v) is 14.9. The lowest BCUT2D eigenvalue weighted by Crippen LogP contribution is -2.52. The summed E-state index contributed by atoms with van der Waals surface area (Å²) in [6.07, 6.45) is 4.57. The highest BCUT2D eigenvalue weighted by atomic mass is 127. The number of carbonyl (C=O) groups is 3. The highest BCUT2D eigenvalue weighted by molar-refractivity contribution is 14.1. The highest BCUT2D eigenvalue weighted by Gasteiger charge is 2.38. The molecular weight excluding hydrogens is 738 g/mol. The number of benzene rings is 2. The van der Waals surface area contributed by atoms with E-state index in [1.165, 1.54) is 29.5 Å². The van der Waals surface area contributed by atoms with Gasteiger partial charge in [-0.25, -0.2) is 14.8 Å². The summed E-state index contributed by atoms with van der Waals surface area (Å²) in [7, 11) is 1.31. The Hall–Kier alpha value is -3.01. The van der Waals surface area contributed by atoms with E-state index in [1.807, 2.05) is 0 Å². The van der Waals surface area contributed by atoms with E-state index in [-0.39, 0.29) is 18.2 Å². The van der Waals surface area contributed by atoms with E-state index in [0.29, 0.717) is 30.6 Å². The predicted octanol–water partition coefficient (Wildman–Crippen LogP) is 4.28. The number of ether oxygens (including phenoxy) is 1. The van der Waals surface area contributed by atoms with E-state index in [4.69, 9.17) is 9.72 Å². The lowest BCUT2D eigenvalue weighted by Gasteiger charge is -2.28. The number of aromatic nitrogens is 4. The van der Waals surface area contributed by atoms with Crippen LogP contribution in [0.1, 0.15) is 40.0 Å². The van der Waals surface area contributed by atoms with E-state index < -0.39 is 18.1 Å². The number of rotatable bonds is 7. The van der Waals surface area contributed by atoms with Crippen molar-refractivity contribution in [1.29, 1.82) is 0 Å². The van der Waals surface area contributed by atoms with Gasteiger partial charge in [-0.05, 0) is 107 Å². The van der Waals surface area contributed by atoms with Gasteiger partial charge in [0.05, 0.1) is 24.5 Å². The zero-order valence-corrected chi connectivity index (χ0v) is 26.5. The third-order valence-corrected chi connectivity index (χ3v) is 8.93. The monoisotopic (exact) mass is 766 g/mol. The van der Waals surface area contributed by atoms with Gasteiger partial charge in [0.1, 0.15) is 17.9 Å². The van der Waals surface area contributed by atoms with Gasteiger partial charge in [0.15, 0.2) is 0 Å². The second-order valence-electron chi connectivity index (χ2n) is 9.87. The zero-order chi connectivity index (χ0) is 28.6. The Kier molecular flexibility index (Phi) is 8.44. The molecule has 208 valence electrons. The van der Waals surface area contributed by atoms with E-state index in [0.717, 1.165) is 29.6 Å². The molecule has 1 fully saturated rings. The minimum Gasteiger partial charge on any atom is -0.467 e. The molecule has 4 aromatic rings. The number of likely N-dealkylation sites (tertiary alicyclic amines) is 1. The van der Waals surface area contributed by atoms with Crippen molar-refractivity contribution in [2.45, 2.75) is 45.2 Å². The zero-order valence-electron chi connectivity index (χ0n) is 22.2. The van der Waals surface area contributed by atoms with Crippen LogP contribution in [0.15, 0.2) is 36.8 Å². The maximum atomic E-state index is 13.6. The van der Waals surface area contributed by atoms with Crippen molar-refractivity contribution in [2.24, 2.45) is 0 Å². The van der Waals surface area contributed by atoms with Crippen molar-refractivity contribution in [1.82, 2.24) is 30.2 Å². The van der Waals surface area contributed by atoms with Gasteiger partial charge in [0.25, 0.3) is 5.91 Å². The number of H-pyrrole nitrogens is 2. The molecule has 0 spiro atoms. The number of carbonyl (C=O) groups excluding carboxylic acids is 3. The number of imidazole rings is 2. The molecule has 2 amide bonds. The molecule has 2 aromatic carbocycles. The summed E-state index contributed by atoms with van der Waals surface area (Å²) in [6, 6.07) is 6.19. The van der Waals surface area contributed by atoms with Gasteiger partial charge in [0.2, 0.25) is 5.91 Å². The van der Waals surface area contributed by atoms with Crippen LogP contribution >= 0.6 is 45.2 Å². The molecule has 5 rings (SSSR count). The summed E-state index contributed by atoms with van der Waals surface area (Å²) >= 11 is 4.42. The fourth-order valence-corrected chi connectivity index (χ4v) is 7.27. The van der Waals surface area contributed by atoms with Crippen LogP contribution in [0.2, 0.25) is 0 Å². The maximum Gasteiger partial charge on any atom is 0.328 e. The van der Waals surface area contributed by atoms with Gasteiger partial charge in [-0.3, -0.25) is 9.59 Å². The molecule has 1 aliphatic rings. The van der Waals surface area contributed by atoms with Crippen molar-refractivity contribution in [3.63, 3.8) is 0 Å². The minimum absolute atomic E-state index is 0.207. The van der Waals surface area contributed by atoms with E-state index in [9.17, 15) is 14.4 Å². The fraction of sp³-hybridized carbons (Fsp3) is 0.321. The standard InChI is InChI=1S/C28H28I2N6O4/c1-14-7-20-21(8-15(14)2)34-25(33-20)24-18(29)9-16(10-19(24)30)26(37)35-22(11-17-12-31-13-32-17)27(38)36-6-4-5-23(36)28(39)40-3/h7-10,12-13,22-23H,4-6,11H2,1-3H3,(H,31,32)(H,33,34)(H,35,37)/t22-,23-/m0/s1. The molecule has 1 saturated heterocycles. The Labute approximate surface area is 258 Å². The van der Waals surface area contributed by atoms with Gasteiger partial charge >= 0.3 is 5.97 Å². The van der Waals surface area contributed by atoms with Crippen LogP contribution in [0.25, 0.3) is 22.4 Å². The lowest BCUT2D eigenvalue weighted by molar-refractivity contribution is -0.151.